The highest BCUT2D eigenvalue weighted by Gasteiger charge is 2.20. The molecule has 0 heterocycles. The second-order valence-corrected chi connectivity index (χ2v) is 3.14. The third kappa shape index (κ3) is 8.25. The van der Waals surface area contributed by atoms with E-state index >= 15 is 0 Å². The Bertz CT molecular complexity index is 79.5. The van der Waals surface area contributed by atoms with Gasteiger partial charge in [-0.3, -0.25) is 0 Å². The molecule has 1 atom stereocenters. The average Bonchev–Trinajstić information content (AvgIpc) is 1.59. The van der Waals surface area contributed by atoms with E-state index in [1.807, 2.05) is 13.8 Å². The summed E-state index contributed by atoms with van der Waals surface area (Å²) >= 11 is 0. The van der Waals surface area contributed by atoms with Crippen LogP contribution in [0, 0.1) is 0 Å². The molecule has 0 spiro atoms. The van der Waals surface area contributed by atoms with E-state index in [1.54, 1.807) is 0 Å². The van der Waals surface area contributed by atoms with Crippen LogP contribution in [0.3, 0.4) is 0 Å². The molecule has 0 aliphatic carbocycles. The third-order valence-electron chi connectivity index (χ3n) is 0.746. The Morgan fingerprint density at radius 1 is 1.56 bits per heavy atom. The minimum atomic E-state index is -2.66. The maximum Gasteiger partial charge on any atom is 0.271 e. The van der Waals surface area contributed by atoms with E-state index in [-0.39, 0.29) is 12.6 Å². The topological polar surface area (TPSA) is 12.0 Å². The number of alkyl halides is 2. The molecule has 0 aromatic heterocycles. The molecule has 1 N–H and O–H groups in total. The predicted octanol–water partition coefficient (Wildman–Crippen LogP) is 1.45. The molecular weight excluding hydrogens is 143 g/mol. The van der Waals surface area contributed by atoms with Gasteiger partial charge in [0, 0.05) is 6.04 Å². The lowest BCUT2D eigenvalue weighted by atomic mass is 10.4. The van der Waals surface area contributed by atoms with Crippen LogP contribution >= 0.6 is 9.24 Å². The van der Waals surface area contributed by atoms with Crippen molar-refractivity contribution < 1.29 is 8.78 Å². The van der Waals surface area contributed by atoms with Crippen molar-refractivity contribution in [1.82, 2.24) is 5.32 Å². The summed E-state index contributed by atoms with van der Waals surface area (Å²) in [4.78, 5) is 0. The summed E-state index contributed by atoms with van der Waals surface area (Å²) in [5.74, 6) is 0. The number of nitrogens with one attached hydrogen (secondary N) is 1. The Morgan fingerprint density at radius 3 is 2.11 bits per heavy atom. The monoisotopic (exact) mass is 155 g/mol. The van der Waals surface area contributed by atoms with E-state index in [0.717, 1.165) is 0 Å². The van der Waals surface area contributed by atoms with Gasteiger partial charge in [-0.05, 0) is 0 Å². The van der Waals surface area contributed by atoms with Crippen molar-refractivity contribution in [3.63, 3.8) is 0 Å². The van der Waals surface area contributed by atoms with Gasteiger partial charge in [0.2, 0.25) is 0 Å². The standard InChI is InChI=1S/C5H12F2NP/c1-4(2)8-3-5(6,7)9/h4,8H,3,9H2,1-2H3. The minimum absolute atomic E-state index is 0.122. The third-order valence-corrected chi connectivity index (χ3v) is 0.950. The minimum Gasteiger partial charge on any atom is -0.309 e. The zero-order chi connectivity index (χ0) is 7.49. The number of hydrogen-bond donors (Lipinski definition) is 1. The highest BCUT2D eigenvalue weighted by atomic mass is 31.0. The van der Waals surface area contributed by atoms with E-state index in [2.05, 4.69) is 5.32 Å². The van der Waals surface area contributed by atoms with Crippen LogP contribution in [-0.4, -0.2) is 18.3 Å². The molecule has 9 heavy (non-hydrogen) atoms. The van der Waals surface area contributed by atoms with Crippen LogP contribution in [0.15, 0.2) is 0 Å². The van der Waals surface area contributed by atoms with Crippen LogP contribution in [0.5, 0.6) is 0 Å². The fourth-order valence-corrected chi connectivity index (χ4v) is 0.458. The molecule has 0 bridgehead atoms. The van der Waals surface area contributed by atoms with Crippen molar-refractivity contribution in [2.75, 3.05) is 6.54 Å². The van der Waals surface area contributed by atoms with Gasteiger partial charge in [0.05, 0.1) is 6.54 Å². The summed E-state index contributed by atoms with van der Waals surface area (Å²) in [6, 6.07) is 0.122. The van der Waals surface area contributed by atoms with Crippen LogP contribution in [0.1, 0.15) is 13.8 Å². The molecule has 0 saturated heterocycles. The van der Waals surface area contributed by atoms with Crippen LogP contribution in [0.25, 0.3) is 0 Å². The zero-order valence-corrected chi connectivity index (χ0v) is 6.77. The summed E-state index contributed by atoms with van der Waals surface area (Å²) < 4.78 is 24.0. The van der Waals surface area contributed by atoms with Gasteiger partial charge in [0.1, 0.15) is 0 Å². The number of rotatable bonds is 3. The van der Waals surface area contributed by atoms with Crippen LogP contribution < -0.4 is 5.32 Å². The summed E-state index contributed by atoms with van der Waals surface area (Å²) in [5.41, 5.74) is -2.66. The van der Waals surface area contributed by atoms with Gasteiger partial charge in [-0.1, -0.05) is 23.1 Å². The molecule has 0 radical (unpaired) electrons. The van der Waals surface area contributed by atoms with Gasteiger partial charge >= 0.3 is 0 Å². The highest BCUT2D eigenvalue weighted by Crippen LogP contribution is 2.19. The predicted molar refractivity (Wildman–Crippen MR) is 37.8 cm³/mol. The van der Waals surface area contributed by atoms with Crippen LogP contribution in [0.4, 0.5) is 8.78 Å². The van der Waals surface area contributed by atoms with Gasteiger partial charge in [-0.25, -0.2) is 8.78 Å². The maximum atomic E-state index is 12.0. The largest absolute Gasteiger partial charge is 0.309 e. The first kappa shape index (κ1) is 9.25. The zero-order valence-electron chi connectivity index (χ0n) is 5.62. The Kier molecular flexibility index (Phi) is 3.52. The van der Waals surface area contributed by atoms with E-state index in [0.29, 0.717) is 0 Å². The molecule has 0 saturated carbocycles. The van der Waals surface area contributed by atoms with Gasteiger partial charge in [-0.15, -0.1) is 0 Å². The van der Waals surface area contributed by atoms with E-state index < -0.39 is 5.66 Å². The first-order valence-electron chi connectivity index (χ1n) is 2.82. The molecule has 0 aliphatic rings. The molecule has 56 valence electrons. The summed E-state index contributed by atoms with van der Waals surface area (Å²) in [6.45, 7) is 3.39. The summed E-state index contributed by atoms with van der Waals surface area (Å²) in [5, 5.41) is 2.61. The van der Waals surface area contributed by atoms with Gasteiger partial charge in [0.25, 0.3) is 5.66 Å². The van der Waals surface area contributed by atoms with Gasteiger partial charge < -0.3 is 5.32 Å². The second kappa shape index (κ2) is 3.43. The van der Waals surface area contributed by atoms with Crippen molar-refractivity contribution in [2.45, 2.75) is 25.6 Å². The van der Waals surface area contributed by atoms with Crippen molar-refractivity contribution in [1.29, 1.82) is 0 Å². The lowest BCUT2D eigenvalue weighted by Gasteiger charge is -2.12. The molecule has 1 unspecified atom stereocenters. The molecule has 0 amide bonds. The molecule has 0 fully saturated rings. The molecule has 1 nitrogen and oxygen atoms in total. The molecule has 0 rings (SSSR count). The van der Waals surface area contributed by atoms with E-state index in [4.69, 9.17) is 0 Å². The number of halogens is 2. The molecule has 0 aliphatic heterocycles. The van der Waals surface area contributed by atoms with E-state index in [9.17, 15) is 8.78 Å². The SMILES string of the molecule is CC(C)NCC(F)(F)P. The van der Waals surface area contributed by atoms with Crippen molar-refractivity contribution in [2.24, 2.45) is 0 Å². The van der Waals surface area contributed by atoms with Crippen LogP contribution in [0.2, 0.25) is 0 Å². The average molecular weight is 155 g/mol. The molecule has 0 aromatic carbocycles. The Hall–Kier alpha value is 0.250. The molecular formula is C5H12F2NP. The van der Waals surface area contributed by atoms with Crippen molar-refractivity contribution in [3.05, 3.63) is 0 Å². The normalized spacial score (nSPS) is 12.7. The van der Waals surface area contributed by atoms with Crippen LogP contribution in [-0.2, 0) is 0 Å². The molecule has 0 aromatic rings. The fraction of sp³-hybridized carbons (Fsp3) is 1.00. The van der Waals surface area contributed by atoms with Crippen molar-refractivity contribution in [3.8, 4) is 0 Å². The second-order valence-electron chi connectivity index (χ2n) is 2.30. The number of hydrogen-bond acceptors (Lipinski definition) is 1. The highest BCUT2D eigenvalue weighted by molar-refractivity contribution is 7.18. The first-order valence-corrected chi connectivity index (χ1v) is 3.39. The van der Waals surface area contributed by atoms with Crippen molar-refractivity contribution >= 4 is 9.24 Å². The fourth-order valence-electron chi connectivity index (χ4n) is 0.340. The lowest BCUT2D eigenvalue weighted by Crippen LogP contribution is -2.32. The summed E-state index contributed by atoms with van der Waals surface area (Å²) in [6.07, 6.45) is 0. The summed E-state index contributed by atoms with van der Waals surface area (Å²) in [7, 11) is 1.49. The van der Waals surface area contributed by atoms with Gasteiger partial charge in [-0.2, -0.15) is 0 Å². The van der Waals surface area contributed by atoms with Gasteiger partial charge in [0.15, 0.2) is 0 Å². The Balaban J connectivity index is 3.28. The first-order chi connectivity index (χ1) is 3.92. The Morgan fingerprint density at radius 2 is 2.00 bits per heavy atom. The lowest BCUT2D eigenvalue weighted by molar-refractivity contribution is 0.101. The smallest absolute Gasteiger partial charge is 0.271 e. The quantitative estimate of drug-likeness (QED) is 0.608. The Labute approximate surface area is 56.4 Å². The van der Waals surface area contributed by atoms with E-state index in [1.165, 1.54) is 9.24 Å². The molecule has 4 heteroatoms. The maximum absolute atomic E-state index is 12.0.